The number of carbonyl (C=O) groups excluding carboxylic acids is 3. The molecule has 8 nitrogen and oxygen atoms in total. The molecule has 1 atom stereocenters. The van der Waals surface area contributed by atoms with E-state index in [1.165, 1.54) is 30.3 Å². The van der Waals surface area contributed by atoms with Crippen LogP contribution in [0.4, 0.5) is 5.69 Å². The van der Waals surface area contributed by atoms with Gasteiger partial charge < -0.3 is 5.32 Å². The van der Waals surface area contributed by atoms with Crippen molar-refractivity contribution in [2.45, 2.75) is 12.5 Å². The van der Waals surface area contributed by atoms with E-state index in [9.17, 15) is 24.5 Å². The Kier molecular flexibility index (Phi) is 5.30. The summed E-state index contributed by atoms with van der Waals surface area (Å²) in [5.41, 5.74) is 0.994. The second kappa shape index (κ2) is 7.83. The number of benzene rings is 2. The molecule has 1 N–H and O–H groups in total. The summed E-state index contributed by atoms with van der Waals surface area (Å²) in [6.45, 7) is 3.72. The summed E-state index contributed by atoms with van der Waals surface area (Å²) >= 11 is 0. The van der Waals surface area contributed by atoms with Gasteiger partial charge in [-0.2, -0.15) is 0 Å². The number of rotatable bonds is 7. The molecule has 1 aliphatic heterocycles. The van der Waals surface area contributed by atoms with E-state index >= 15 is 0 Å². The first-order valence-corrected chi connectivity index (χ1v) is 8.53. The van der Waals surface area contributed by atoms with E-state index in [1.54, 1.807) is 24.3 Å². The quantitative estimate of drug-likeness (QED) is 0.343. The predicted octanol–water partition coefficient (Wildman–Crippen LogP) is 2.10. The molecule has 2 aromatic rings. The SMILES string of the molecule is C=CCNC(=O)C(Cc1ccc([N+](=O)[O-])cc1)N1C(=O)c2ccccc2C1=O. The monoisotopic (exact) mass is 379 g/mol. The minimum Gasteiger partial charge on any atom is -0.351 e. The molecule has 28 heavy (non-hydrogen) atoms. The van der Waals surface area contributed by atoms with Gasteiger partial charge in [0.05, 0.1) is 16.1 Å². The van der Waals surface area contributed by atoms with Crippen molar-refractivity contribution in [2.75, 3.05) is 6.54 Å². The maximum atomic E-state index is 12.8. The van der Waals surface area contributed by atoms with E-state index in [2.05, 4.69) is 11.9 Å². The summed E-state index contributed by atoms with van der Waals surface area (Å²) < 4.78 is 0. The highest BCUT2D eigenvalue weighted by Crippen LogP contribution is 2.26. The topological polar surface area (TPSA) is 110 Å². The average Bonchev–Trinajstić information content (AvgIpc) is 2.95. The first-order chi connectivity index (χ1) is 13.4. The number of non-ortho nitro benzene ring substituents is 1. The lowest BCUT2D eigenvalue weighted by atomic mass is 10.0. The lowest BCUT2D eigenvalue weighted by Gasteiger charge is -2.25. The maximum absolute atomic E-state index is 12.8. The molecule has 1 aliphatic rings. The van der Waals surface area contributed by atoms with Gasteiger partial charge in [0.15, 0.2) is 0 Å². The third-order valence-electron chi connectivity index (χ3n) is 4.44. The van der Waals surface area contributed by atoms with Gasteiger partial charge >= 0.3 is 0 Å². The standard InChI is InChI=1S/C20H17N3O5/c1-2-11-21-18(24)17(12-13-7-9-14(10-8-13)23(27)28)22-19(25)15-5-3-4-6-16(15)20(22)26/h2-10,17H,1,11-12H2,(H,21,24). The number of imide groups is 1. The van der Waals surface area contributed by atoms with Crippen LogP contribution in [0.5, 0.6) is 0 Å². The molecule has 0 aromatic heterocycles. The molecule has 1 heterocycles. The molecule has 142 valence electrons. The summed E-state index contributed by atoms with van der Waals surface area (Å²) in [7, 11) is 0. The Morgan fingerprint density at radius 3 is 2.18 bits per heavy atom. The first kappa shape index (κ1) is 19.0. The van der Waals surface area contributed by atoms with Crippen molar-refractivity contribution >= 4 is 23.4 Å². The van der Waals surface area contributed by atoms with E-state index in [4.69, 9.17) is 0 Å². The van der Waals surface area contributed by atoms with Gasteiger partial charge in [-0.3, -0.25) is 29.4 Å². The van der Waals surface area contributed by atoms with E-state index in [1.807, 2.05) is 0 Å². The van der Waals surface area contributed by atoms with Gasteiger partial charge in [-0.05, 0) is 17.7 Å². The van der Waals surface area contributed by atoms with Crippen LogP contribution in [0.15, 0.2) is 61.2 Å². The number of nitro groups is 1. The second-order valence-corrected chi connectivity index (χ2v) is 6.20. The zero-order chi connectivity index (χ0) is 20.3. The number of amides is 3. The summed E-state index contributed by atoms with van der Waals surface area (Å²) in [6, 6.07) is 10.9. The normalized spacial score (nSPS) is 13.8. The Labute approximate surface area is 160 Å². The largest absolute Gasteiger partial charge is 0.351 e. The molecule has 2 aromatic carbocycles. The van der Waals surface area contributed by atoms with Crippen LogP contribution in [0.3, 0.4) is 0 Å². The molecule has 0 bridgehead atoms. The van der Waals surface area contributed by atoms with Crippen molar-refractivity contribution < 1.29 is 19.3 Å². The van der Waals surface area contributed by atoms with E-state index in [0.717, 1.165) is 4.90 Å². The zero-order valence-electron chi connectivity index (χ0n) is 14.8. The summed E-state index contributed by atoms with van der Waals surface area (Å²) in [5.74, 6) is -1.59. The van der Waals surface area contributed by atoms with Crippen molar-refractivity contribution in [3.05, 3.63) is 88.0 Å². The molecule has 3 rings (SSSR count). The highest BCUT2D eigenvalue weighted by Gasteiger charge is 2.42. The molecule has 0 aliphatic carbocycles. The van der Waals surface area contributed by atoms with Crippen molar-refractivity contribution in [1.29, 1.82) is 0 Å². The minimum atomic E-state index is -1.09. The maximum Gasteiger partial charge on any atom is 0.269 e. The van der Waals surface area contributed by atoms with E-state index in [0.29, 0.717) is 5.56 Å². The highest BCUT2D eigenvalue weighted by molar-refractivity contribution is 6.22. The lowest BCUT2D eigenvalue weighted by Crippen LogP contribution is -2.50. The third kappa shape index (κ3) is 3.52. The molecular weight excluding hydrogens is 362 g/mol. The highest BCUT2D eigenvalue weighted by atomic mass is 16.6. The fourth-order valence-corrected chi connectivity index (χ4v) is 3.06. The van der Waals surface area contributed by atoms with Gasteiger partial charge in [0, 0.05) is 25.1 Å². The molecule has 0 saturated heterocycles. The van der Waals surface area contributed by atoms with E-state index < -0.39 is 28.7 Å². The lowest BCUT2D eigenvalue weighted by molar-refractivity contribution is -0.384. The molecule has 0 spiro atoms. The van der Waals surface area contributed by atoms with Gasteiger partial charge in [0.1, 0.15) is 6.04 Å². The zero-order valence-corrected chi connectivity index (χ0v) is 14.8. The van der Waals surface area contributed by atoms with Crippen LogP contribution >= 0.6 is 0 Å². The number of carbonyl (C=O) groups is 3. The number of hydrogen-bond acceptors (Lipinski definition) is 5. The smallest absolute Gasteiger partial charge is 0.269 e. The van der Waals surface area contributed by atoms with Gasteiger partial charge in [-0.15, -0.1) is 6.58 Å². The number of nitro benzene ring substituents is 1. The van der Waals surface area contributed by atoms with Crippen LogP contribution in [-0.4, -0.2) is 40.1 Å². The van der Waals surface area contributed by atoms with Crippen LogP contribution in [-0.2, 0) is 11.2 Å². The van der Waals surface area contributed by atoms with Crippen LogP contribution in [0.25, 0.3) is 0 Å². The van der Waals surface area contributed by atoms with Crippen molar-refractivity contribution in [3.63, 3.8) is 0 Å². The molecule has 0 radical (unpaired) electrons. The summed E-state index contributed by atoms with van der Waals surface area (Å²) in [5, 5.41) is 13.4. The summed E-state index contributed by atoms with van der Waals surface area (Å²) in [4.78, 5) is 49.5. The Bertz CT molecular complexity index is 933. The molecule has 1 unspecified atom stereocenters. The van der Waals surface area contributed by atoms with Crippen molar-refractivity contribution in [3.8, 4) is 0 Å². The fraction of sp³-hybridized carbons (Fsp3) is 0.150. The predicted molar refractivity (Wildman–Crippen MR) is 101 cm³/mol. The molecule has 8 heteroatoms. The second-order valence-electron chi connectivity index (χ2n) is 6.20. The Hall–Kier alpha value is -3.81. The van der Waals surface area contributed by atoms with Gasteiger partial charge in [0.2, 0.25) is 5.91 Å². The number of hydrogen-bond donors (Lipinski definition) is 1. The molecule has 3 amide bonds. The Morgan fingerprint density at radius 2 is 1.68 bits per heavy atom. The van der Waals surface area contributed by atoms with Crippen LogP contribution < -0.4 is 5.32 Å². The number of fused-ring (bicyclic) bond motifs is 1. The van der Waals surface area contributed by atoms with Crippen LogP contribution in [0.2, 0.25) is 0 Å². The van der Waals surface area contributed by atoms with Gasteiger partial charge in [-0.1, -0.05) is 30.3 Å². The number of nitrogens with one attached hydrogen (secondary N) is 1. The van der Waals surface area contributed by atoms with Crippen LogP contribution in [0, 0.1) is 10.1 Å². The average molecular weight is 379 g/mol. The van der Waals surface area contributed by atoms with Crippen LogP contribution in [0.1, 0.15) is 26.3 Å². The molecule has 0 fully saturated rings. The van der Waals surface area contributed by atoms with E-state index in [-0.39, 0.29) is 29.8 Å². The molecule has 0 saturated carbocycles. The third-order valence-corrected chi connectivity index (χ3v) is 4.44. The number of nitrogens with zero attached hydrogens (tertiary/aromatic N) is 2. The fourth-order valence-electron chi connectivity index (χ4n) is 3.06. The summed E-state index contributed by atoms with van der Waals surface area (Å²) in [6.07, 6.45) is 1.52. The van der Waals surface area contributed by atoms with Gasteiger partial charge in [-0.25, -0.2) is 0 Å². The molecular formula is C20H17N3O5. The Balaban J connectivity index is 1.92. The minimum absolute atomic E-state index is 0.0342. The Morgan fingerprint density at radius 1 is 1.11 bits per heavy atom. The first-order valence-electron chi connectivity index (χ1n) is 8.53. The van der Waals surface area contributed by atoms with Gasteiger partial charge in [0.25, 0.3) is 17.5 Å². The van der Waals surface area contributed by atoms with Crippen molar-refractivity contribution in [2.24, 2.45) is 0 Å². The van der Waals surface area contributed by atoms with Crippen molar-refractivity contribution in [1.82, 2.24) is 10.2 Å².